The van der Waals surface area contributed by atoms with Gasteiger partial charge in [-0.15, -0.1) is 0 Å². The average Bonchev–Trinajstić information content (AvgIpc) is 2.29. The van der Waals surface area contributed by atoms with Gasteiger partial charge in [-0.25, -0.2) is 0 Å². The molecule has 1 rings (SSSR count). The van der Waals surface area contributed by atoms with Crippen LogP contribution in [0.3, 0.4) is 0 Å². The van der Waals surface area contributed by atoms with E-state index in [1.807, 2.05) is 12.1 Å². The summed E-state index contributed by atoms with van der Waals surface area (Å²) in [5.41, 5.74) is 1.32. The van der Waals surface area contributed by atoms with Gasteiger partial charge in [0.05, 0.1) is 7.11 Å². The van der Waals surface area contributed by atoms with Crippen molar-refractivity contribution in [3.8, 4) is 5.75 Å². The Hall–Kier alpha value is -1.02. The predicted octanol–water partition coefficient (Wildman–Crippen LogP) is 2.93. The zero-order chi connectivity index (χ0) is 11.1. The first-order chi connectivity index (χ1) is 7.30. The first kappa shape index (κ1) is 12.1. The van der Waals surface area contributed by atoms with E-state index in [0.717, 1.165) is 25.4 Å². The van der Waals surface area contributed by atoms with Crippen LogP contribution < -0.4 is 4.74 Å². The number of benzene rings is 1. The summed E-state index contributed by atoms with van der Waals surface area (Å²) < 4.78 is 5.21. The van der Waals surface area contributed by atoms with Gasteiger partial charge in [-0.2, -0.15) is 0 Å². The van der Waals surface area contributed by atoms with Crippen molar-refractivity contribution in [2.75, 3.05) is 20.2 Å². The topological polar surface area (TPSA) is 12.5 Å². The van der Waals surface area contributed by atoms with Gasteiger partial charge in [0.1, 0.15) is 5.75 Å². The van der Waals surface area contributed by atoms with Gasteiger partial charge in [-0.3, -0.25) is 4.90 Å². The Bertz CT molecular complexity index is 286. The Morgan fingerprint density at radius 1 is 1.27 bits per heavy atom. The number of hydrogen-bond donors (Lipinski definition) is 0. The molecule has 1 aromatic carbocycles. The largest absolute Gasteiger partial charge is 0.497 e. The normalized spacial score (nSPS) is 10.7. The van der Waals surface area contributed by atoms with E-state index in [1.54, 1.807) is 7.11 Å². The van der Waals surface area contributed by atoms with E-state index < -0.39 is 0 Å². The van der Waals surface area contributed by atoms with E-state index in [4.69, 9.17) is 4.74 Å². The lowest BCUT2D eigenvalue weighted by atomic mass is 10.2. The van der Waals surface area contributed by atoms with Crippen LogP contribution in [0.25, 0.3) is 0 Å². The maximum absolute atomic E-state index is 5.21. The van der Waals surface area contributed by atoms with Gasteiger partial charge >= 0.3 is 0 Å². The van der Waals surface area contributed by atoms with Crippen LogP contribution in [0, 0.1) is 0 Å². The molecule has 15 heavy (non-hydrogen) atoms. The maximum atomic E-state index is 5.21. The number of rotatable bonds is 6. The standard InChI is InChI=1S/C13H21NO/c1-4-9-14(5-2)11-12-7-6-8-13(10-12)15-3/h6-8,10H,4-5,9,11H2,1-3H3. The molecule has 0 spiro atoms. The SMILES string of the molecule is CCCN(CC)Cc1cccc(OC)c1. The van der Waals surface area contributed by atoms with Crippen LogP contribution in [0.15, 0.2) is 24.3 Å². The fourth-order valence-electron chi connectivity index (χ4n) is 1.69. The molecular formula is C13H21NO. The Morgan fingerprint density at radius 2 is 2.07 bits per heavy atom. The molecule has 0 aliphatic carbocycles. The lowest BCUT2D eigenvalue weighted by molar-refractivity contribution is 0.280. The molecular weight excluding hydrogens is 186 g/mol. The molecule has 0 aliphatic rings. The van der Waals surface area contributed by atoms with Crippen LogP contribution in [0.4, 0.5) is 0 Å². The highest BCUT2D eigenvalue weighted by atomic mass is 16.5. The monoisotopic (exact) mass is 207 g/mol. The summed E-state index contributed by atoms with van der Waals surface area (Å²) in [7, 11) is 1.71. The second kappa shape index (κ2) is 6.46. The molecule has 0 amide bonds. The van der Waals surface area contributed by atoms with Gasteiger partial charge in [-0.05, 0) is 37.2 Å². The first-order valence-corrected chi connectivity index (χ1v) is 5.65. The average molecular weight is 207 g/mol. The van der Waals surface area contributed by atoms with Crippen molar-refractivity contribution in [1.29, 1.82) is 0 Å². The van der Waals surface area contributed by atoms with Crippen molar-refractivity contribution < 1.29 is 4.74 Å². The van der Waals surface area contributed by atoms with Gasteiger partial charge < -0.3 is 4.74 Å². The minimum Gasteiger partial charge on any atom is -0.497 e. The third kappa shape index (κ3) is 3.92. The molecule has 0 aliphatic heterocycles. The third-order valence-corrected chi connectivity index (χ3v) is 2.53. The van der Waals surface area contributed by atoms with Crippen LogP contribution in [0.2, 0.25) is 0 Å². The Balaban J connectivity index is 2.61. The van der Waals surface area contributed by atoms with Crippen LogP contribution in [-0.4, -0.2) is 25.1 Å². The number of ether oxygens (including phenoxy) is 1. The van der Waals surface area contributed by atoms with Crippen molar-refractivity contribution in [2.45, 2.75) is 26.8 Å². The van der Waals surface area contributed by atoms with E-state index in [0.29, 0.717) is 0 Å². The fraction of sp³-hybridized carbons (Fsp3) is 0.538. The Morgan fingerprint density at radius 3 is 2.67 bits per heavy atom. The zero-order valence-corrected chi connectivity index (χ0v) is 9.99. The van der Waals surface area contributed by atoms with E-state index in [-0.39, 0.29) is 0 Å². The maximum Gasteiger partial charge on any atom is 0.119 e. The molecule has 0 aromatic heterocycles. The minimum absolute atomic E-state index is 0.944. The molecule has 2 heteroatoms. The lowest BCUT2D eigenvalue weighted by Crippen LogP contribution is -2.23. The molecule has 0 radical (unpaired) electrons. The highest BCUT2D eigenvalue weighted by Crippen LogP contribution is 2.14. The molecule has 0 atom stereocenters. The van der Waals surface area contributed by atoms with Crippen molar-refractivity contribution >= 4 is 0 Å². The summed E-state index contributed by atoms with van der Waals surface area (Å²) in [5.74, 6) is 0.944. The summed E-state index contributed by atoms with van der Waals surface area (Å²) in [6, 6.07) is 8.30. The Kier molecular flexibility index (Phi) is 5.19. The van der Waals surface area contributed by atoms with Crippen LogP contribution in [-0.2, 0) is 6.54 Å². The third-order valence-electron chi connectivity index (χ3n) is 2.53. The quantitative estimate of drug-likeness (QED) is 0.711. The molecule has 0 fully saturated rings. The summed E-state index contributed by atoms with van der Waals surface area (Å²) in [5, 5.41) is 0. The molecule has 0 heterocycles. The van der Waals surface area contributed by atoms with Crippen molar-refractivity contribution in [3.05, 3.63) is 29.8 Å². The molecule has 84 valence electrons. The van der Waals surface area contributed by atoms with E-state index >= 15 is 0 Å². The van der Waals surface area contributed by atoms with E-state index in [1.165, 1.54) is 12.0 Å². The molecule has 0 saturated heterocycles. The van der Waals surface area contributed by atoms with Crippen LogP contribution in [0.5, 0.6) is 5.75 Å². The molecule has 1 aromatic rings. The summed E-state index contributed by atoms with van der Waals surface area (Å²) in [4.78, 5) is 2.44. The van der Waals surface area contributed by atoms with Crippen molar-refractivity contribution in [2.24, 2.45) is 0 Å². The van der Waals surface area contributed by atoms with Gasteiger partial charge in [0.25, 0.3) is 0 Å². The van der Waals surface area contributed by atoms with E-state index in [2.05, 4.69) is 30.9 Å². The van der Waals surface area contributed by atoms with Crippen molar-refractivity contribution in [3.63, 3.8) is 0 Å². The van der Waals surface area contributed by atoms with Crippen LogP contribution in [0.1, 0.15) is 25.8 Å². The van der Waals surface area contributed by atoms with Gasteiger partial charge in [0, 0.05) is 6.54 Å². The lowest BCUT2D eigenvalue weighted by Gasteiger charge is -2.19. The molecule has 0 N–H and O–H groups in total. The zero-order valence-electron chi connectivity index (χ0n) is 9.99. The minimum atomic E-state index is 0.944. The molecule has 0 bridgehead atoms. The van der Waals surface area contributed by atoms with E-state index in [9.17, 15) is 0 Å². The number of hydrogen-bond acceptors (Lipinski definition) is 2. The number of nitrogens with zero attached hydrogens (tertiary/aromatic N) is 1. The molecule has 0 saturated carbocycles. The highest BCUT2D eigenvalue weighted by Gasteiger charge is 2.02. The second-order valence-electron chi connectivity index (χ2n) is 3.72. The fourth-order valence-corrected chi connectivity index (χ4v) is 1.69. The molecule has 2 nitrogen and oxygen atoms in total. The summed E-state index contributed by atoms with van der Waals surface area (Å²) >= 11 is 0. The first-order valence-electron chi connectivity index (χ1n) is 5.65. The smallest absolute Gasteiger partial charge is 0.119 e. The number of methoxy groups -OCH3 is 1. The van der Waals surface area contributed by atoms with Crippen LogP contribution >= 0.6 is 0 Å². The summed E-state index contributed by atoms with van der Waals surface area (Å²) in [6.45, 7) is 7.70. The van der Waals surface area contributed by atoms with Crippen molar-refractivity contribution in [1.82, 2.24) is 4.90 Å². The summed E-state index contributed by atoms with van der Waals surface area (Å²) in [6.07, 6.45) is 1.21. The van der Waals surface area contributed by atoms with Gasteiger partial charge in [-0.1, -0.05) is 26.0 Å². The second-order valence-corrected chi connectivity index (χ2v) is 3.72. The predicted molar refractivity (Wildman–Crippen MR) is 64.2 cm³/mol. The van der Waals surface area contributed by atoms with Gasteiger partial charge in [0.2, 0.25) is 0 Å². The highest BCUT2D eigenvalue weighted by molar-refractivity contribution is 5.28. The Labute approximate surface area is 92.9 Å². The molecule has 0 unspecified atom stereocenters. The van der Waals surface area contributed by atoms with Gasteiger partial charge in [0.15, 0.2) is 0 Å².